The van der Waals surface area contributed by atoms with Crippen LogP contribution in [0.2, 0.25) is 0 Å². The van der Waals surface area contributed by atoms with Crippen LogP contribution in [0.25, 0.3) is 4.96 Å². The van der Waals surface area contributed by atoms with Crippen LogP contribution < -0.4 is 4.90 Å². The Morgan fingerprint density at radius 1 is 1.19 bits per heavy atom. The summed E-state index contributed by atoms with van der Waals surface area (Å²) in [4.78, 5) is 7.65. The second-order valence-corrected chi connectivity index (χ2v) is 8.40. The lowest BCUT2D eigenvalue weighted by Crippen LogP contribution is -3.14. The van der Waals surface area contributed by atoms with Gasteiger partial charge in [-0.1, -0.05) is 56.4 Å². The molecule has 6 nitrogen and oxygen atoms in total. The Kier molecular flexibility index (Phi) is 5.16. The number of quaternary nitrogens is 1. The molecule has 0 unspecified atom stereocenters. The first-order valence-corrected chi connectivity index (χ1v) is 10.5. The van der Waals surface area contributed by atoms with Crippen molar-refractivity contribution in [2.75, 3.05) is 26.3 Å². The van der Waals surface area contributed by atoms with Gasteiger partial charge in [0.2, 0.25) is 10.8 Å². The second kappa shape index (κ2) is 7.58. The third kappa shape index (κ3) is 3.47. The normalized spacial score (nSPS) is 17.0. The Morgan fingerprint density at radius 2 is 1.85 bits per heavy atom. The van der Waals surface area contributed by atoms with Gasteiger partial charge in [-0.3, -0.25) is 0 Å². The quantitative estimate of drug-likeness (QED) is 0.704. The molecule has 2 N–H and O–H groups in total. The SMILES string of the molecule is CCc1nc2sc([C@H](c3ccc(C(C)C)cc3)[NH+]3CCOCC3)c(O)n2n1. The minimum atomic E-state index is 0.0636. The zero-order valence-electron chi connectivity index (χ0n) is 16.1. The van der Waals surface area contributed by atoms with Crippen LogP contribution in [-0.2, 0) is 11.2 Å². The molecule has 2 aromatic heterocycles. The first-order chi connectivity index (χ1) is 13.1. The molecule has 3 aromatic rings. The molecule has 0 aliphatic carbocycles. The van der Waals surface area contributed by atoms with Crippen LogP contribution in [0.3, 0.4) is 0 Å². The first-order valence-electron chi connectivity index (χ1n) is 9.68. The number of nitrogens with zero attached hydrogens (tertiary/aromatic N) is 3. The monoisotopic (exact) mass is 387 g/mol. The average Bonchev–Trinajstić information content (AvgIpc) is 3.23. The molecule has 27 heavy (non-hydrogen) atoms. The summed E-state index contributed by atoms with van der Waals surface area (Å²) in [6, 6.07) is 8.88. The van der Waals surface area contributed by atoms with Crippen molar-refractivity contribution in [1.82, 2.24) is 14.6 Å². The van der Waals surface area contributed by atoms with Crippen LogP contribution in [0.5, 0.6) is 5.88 Å². The van der Waals surface area contributed by atoms with E-state index in [1.807, 2.05) is 6.92 Å². The van der Waals surface area contributed by atoms with Gasteiger partial charge in [-0.25, -0.2) is 4.98 Å². The van der Waals surface area contributed by atoms with E-state index >= 15 is 0 Å². The lowest BCUT2D eigenvalue weighted by Gasteiger charge is -2.31. The maximum atomic E-state index is 10.9. The van der Waals surface area contributed by atoms with E-state index in [-0.39, 0.29) is 11.9 Å². The molecule has 1 saturated heterocycles. The van der Waals surface area contributed by atoms with Gasteiger partial charge in [0.1, 0.15) is 18.0 Å². The summed E-state index contributed by atoms with van der Waals surface area (Å²) in [5, 5.41) is 15.4. The van der Waals surface area contributed by atoms with Crippen molar-refractivity contribution in [3.8, 4) is 5.88 Å². The van der Waals surface area contributed by atoms with Gasteiger partial charge in [-0.05, 0) is 11.5 Å². The molecule has 4 rings (SSSR count). The number of morpholine rings is 1. The van der Waals surface area contributed by atoms with Crippen molar-refractivity contribution in [1.29, 1.82) is 0 Å². The fourth-order valence-corrected chi connectivity index (χ4v) is 4.86. The lowest BCUT2D eigenvalue weighted by molar-refractivity contribution is -0.932. The van der Waals surface area contributed by atoms with Crippen molar-refractivity contribution in [3.05, 3.63) is 46.1 Å². The molecule has 0 saturated carbocycles. The van der Waals surface area contributed by atoms with Crippen LogP contribution in [0.4, 0.5) is 0 Å². The molecule has 0 bridgehead atoms. The van der Waals surface area contributed by atoms with Gasteiger partial charge < -0.3 is 14.7 Å². The Balaban J connectivity index is 1.77. The summed E-state index contributed by atoms with van der Waals surface area (Å²) in [6.45, 7) is 9.77. The number of fused-ring (bicyclic) bond motifs is 1. The van der Waals surface area contributed by atoms with Gasteiger partial charge in [-0.2, -0.15) is 4.52 Å². The van der Waals surface area contributed by atoms with E-state index < -0.39 is 0 Å². The van der Waals surface area contributed by atoms with Crippen molar-refractivity contribution in [3.63, 3.8) is 0 Å². The highest BCUT2D eigenvalue weighted by atomic mass is 32.1. The Hall–Kier alpha value is -1.96. The Labute approximate surface area is 163 Å². The minimum absolute atomic E-state index is 0.0636. The molecule has 1 aromatic carbocycles. The van der Waals surface area contributed by atoms with E-state index in [1.165, 1.54) is 16.0 Å². The molecule has 1 aliphatic rings. The molecule has 144 valence electrons. The molecule has 0 radical (unpaired) electrons. The standard InChI is InChI=1S/C20H26N4O2S/c1-4-16-21-20-24(22-16)19(25)18(27-20)17(23-9-11-26-12-10-23)15-7-5-14(6-8-15)13(2)3/h5-8,13,17,25H,4,9-12H2,1-3H3/p+1/t17-/m0/s1. The Bertz CT molecular complexity index is 910. The number of hydrogen-bond donors (Lipinski definition) is 2. The van der Waals surface area contributed by atoms with Crippen LogP contribution >= 0.6 is 11.3 Å². The summed E-state index contributed by atoms with van der Waals surface area (Å²) < 4.78 is 7.16. The summed E-state index contributed by atoms with van der Waals surface area (Å²) in [5.41, 5.74) is 2.54. The summed E-state index contributed by atoms with van der Waals surface area (Å²) in [6.07, 6.45) is 0.762. The van der Waals surface area contributed by atoms with Crippen LogP contribution in [0.15, 0.2) is 24.3 Å². The number of thiazole rings is 1. The summed E-state index contributed by atoms with van der Waals surface area (Å²) in [5.74, 6) is 1.49. The van der Waals surface area contributed by atoms with Crippen molar-refractivity contribution >= 4 is 16.3 Å². The maximum Gasteiger partial charge on any atom is 0.235 e. The predicted molar refractivity (Wildman–Crippen MR) is 106 cm³/mol. The number of benzene rings is 1. The largest absolute Gasteiger partial charge is 0.492 e. The van der Waals surface area contributed by atoms with Crippen LogP contribution in [-0.4, -0.2) is 46.0 Å². The number of rotatable bonds is 5. The lowest BCUT2D eigenvalue weighted by atomic mass is 9.97. The molecule has 0 amide bonds. The first kappa shape index (κ1) is 18.4. The molecular formula is C20H27N4O2S+. The number of ether oxygens (including phenoxy) is 1. The van der Waals surface area contributed by atoms with Crippen molar-refractivity contribution < 1.29 is 14.7 Å². The highest BCUT2D eigenvalue weighted by Crippen LogP contribution is 2.35. The number of hydrogen-bond acceptors (Lipinski definition) is 5. The molecule has 0 spiro atoms. The third-order valence-corrected chi connectivity index (χ3v) is 6.39. The van der Waals surface area contributed by atoms with Gasteiger partial charge in [0.25, 0.3) is 0 Å². The highest BCUT2D eigenvalue weighted by Gasteiger charge is 2.33. The fourth-order valence-electron chi connectivity index (χ4n) is 3.70. The van der Waals surface area contributed by atoms with Gasteiger partial charge in [0, 0.05) is 12.0 Å². The van der Waals surface area contributed by atoms with Crippen LogP contribution in [0, 0.1) is 0 Å². The zero-order chi connectivity index (χ0) is 19.0. The minimum Gasteiger partial charge on any atom is -0.492 e. The topological polar surface area (TPSA) is 64.1 Å². The van der Waals surface area contributed by atoms with E-state index in [0.717, 1.165) is 48.4 Å². The van der Waals surface area contributed by atoms with Crippen LogP contribution in [0.1, 0.15) is 54.6 Å². The Morgan fingerprint density at radius 3 is 2.44 bits per heavy atom. The highest BCUT2D eigenvalue weighted by molar-refractivity contribution is 7.17. The van der Waals surface area contributed by atoms with Crippen molar-refractivity contribution in [2.24, 2.45) is 0 Å². The summed E-state index contributed by atoms with van der Waals surface area (Å²) in [7, 11) is 0. The molecule has 7 heteroatoms. The fraction of sp³-hybridized carbons (Fsp3) is 0.500. The van der Waals surface area contributed by atoms with E-state index in [9.17, 15) is 5.11 Å². The molecule has 1 fully saturated rings. The maximum absolute atomic E-state index is 10.9. The van der Waals surface area contributed by atoms with Gasteiger partial charge in [0.15, 0.2) is 11.9 Å². The summed E-state index contributed by atoms with van der Waals surface area (Å²) >= 11 is 1.54. The van der Waals surface area contributed by atoms with E-state index in [4.69, 9.17) is 4.74 Å². The number of aromatic hydroxyl groups is 1. The molecular weight excluding hydrogens is 360 g/mol. The number of nitrogens with one attached hydrogen (secondary N) is 1. The van der Waals surface area contributed by atoms with Crippen molar-refractivity contribution in [2.45, 2.75) is 39.2 Å². The average molecular weight is 388 g/mol. The molecule has 3 heterocycles. The number of aryl methyl sites for hydroxylation is 1. The third-order valence-electron chi connectivity index (χ3n) is 5.30. The smallest absolute Gasteiger partial charge is 0.235 e. The van der Waals surface area contributed by atoms with E-state index in [1.54, 1.807) is 15.9 Å². The van der Waals surface area contributed by atoms with Gasteiger partial charge in [-0.15, -0.1) is 5.10 Å². The van der Waals surface area contributed by atoms with E-state index in [0.29, 0.717) is 5.92 Å². The van der Waals surface area contributed by atoms with E-state index in [2.05, 4.69) is 48.2 Å². The van der Waals surface area contributed by atoms with Gasteiger partial charge in [0.05, 0.1) is 13.2 Å². The second-order valence-electron chi connectivity index (χ2n) is 7.39. The predicted octanol–water partition coefficient (Wildman–Crippen LogP) is 2.19. The van der Waals surface area contributed by atoms with Gasteiger partial charge >= 0.3 is 0 Å². The molecule has 1 atom stereocenters. The zero-order valence-corrected chi connectivity index (χ0v) is 16.9. The molecule has 1 aliphatic heterocycles. The number of aromatic nitrogens is 3.